The van der Waals surface area contributed by atoms with Crippen molar-refractivity contribution in [1.82, 2.24) is 9.97 Å². The van der Waals surface area contributed by atoms with E-state index in [1.165, 1.54) is 0 Å². The van der Waals surface area contributed by atoms with Crippen LogP contribution in [-0.2, 0) is 11.2 Å². The molecule has 0 fully saturated rings. The van der Waals surface area contributed by atoms with Gasteiger partial charge in [0.15, 0.2) is 11.6 Å². The van der Waals surface area contributed by atoms with Gasteiger partial charge in [-0.2, -0.15) is 0 Å². The van der Waals surface area contributed by atoms with Crippen LogP contribution < -0.4 is 9.80 Å². The fourth-order valence-corrected chi connectivity index (χ4v) is 3.52. The molecule has 1 aliphatic heterocycles. The van der Waals surface area contributed by atoms with E-state index in [1.807, 2.05) is 36.2 Å². The van der Waals surface area contributed by atoms with E-state index in [2.05, 4.69) is 0 Å². The first-order valence-electron chi connectivity index (χ1n) is 8.25. The predicted molar refractivity (Wildman–Crippen MR) is 105 cm³/mol. The van der Waals surface area contributed by atoms with Crippen molar-refractivity contribution in [3.05, 3.63) is 58.1 Å². The Hall–Kier alpha value is -2.37. The summed E-state index contributed by atoms with van der Waals surface area (Å²) in [6, 6.07) is 12.8. The minimum absolute atomic E-state index is 0.0619. The fraction of sp³-hybridized carbons (Fsp3) is 0.211. The number of para-hydroxylation sites is 2. The highest BCUT2D eigenvalue weighted by Crippen LogP contribution is 2.31. The Morgan fingerprint density at radius 1 is 1.04 bits per heavy atom. The number of likely N-dealkylation sites (N-methyl/N-ethyl adjacent to an activating group) is 1. The zero-order valence-electron chi connectivity index (χ0n) is 14.1. The van der Waals surface area contributed by atoms with Crippen molar-refractivity contribution < 1.29 is 4.79 Å². The highest BCUT2D eigenvalue weighted by Gasteiger charge is 2.28. The second-order valence-corrected chi connectivity index (χ2v) is 7.08. The van der Waals surface area contributed by atoms with E-state index in [-0.39, 0.29) is 12.3 Å². The Balaban J connectivity index is 1.70. The minimum atomic E-state index is -0.0619. The molecule has 0 saturated heterocycles. The highest BCUT2D eigenvalue weighted by molar-refractivity contribution is 6.35. The van der Waals surface area contributed by atoms with Crippen LogP contribution in [0.5, 0.6) is 0 Å². The molecule has 5 nitrogen and oxygen atoms in total. The van der Waals surface area contributed by atoms with Crippen LogP contribution in [0, 0.1) is 0 Å². The molecule has 0 spiro atoms. The molecule has 1 aliphatic rings. The molecule has 26 heavy (non-hydrogen) atoms. The number of hydrogen-bond donors (Lipinski definition) is 0. The van der Waals surface area contributed by atoms with Gasteiger partial charge in [-0.15, -0.1) is 0 Å². The first kappa shape index (κ1) is 17.1. The smallest absolute Gasteiger partial charge is 0.232 e. The number of carbonyl (C=O) groups is 1. The van der Waals surface area contributed by atoms with Crippen LogP contribution in [0.2, 0.25) is 10.0 Å². The van der Waals surface area contributed by atoms with Gasteiger partial charge >= 0.3 is 0 Å². The van der Waals surface area contributed by atoms with E-state index in [0.29, 0.717) is 34.8 Å². The molecule has 132 valence electrons. The molecule has 0 atom stereocenters. The molecule has 2 heterocycles. The zero-order valence-corrected chi connectivity index (χ0v) is 15.6. The van der Waals surface area contributed by atoms with Crippen LogP contribution in [0.25, 0.3) is 11.0 Å². The molecule has 4 rings (SSSR count). The second kappa shape index (κ2) is 6.74. The molecular formula is C19H16Cl2N4O. The van der Waals surface area contributed by atoms with Crippen LogP contribution in [-0.4, -0.2) is 36.0 Å². The van der Waals surface area contributed by atoms with Gasteiger partial charge in [-0.3, -0.25) is 9.69 Å². The first-order chi connectivity index (χ1) is 12.5. The van der Waals surface area contributed by atoms with Crippen molar-refractivity contribution in [1.29, 1.82) is 0 Å². The molecule has 7 heteroatoms. The second-order valence-electron chi connectivity index (χ2n) is 6.24. The maximum absolute atomic E-state index is 13.0. The van der Waals surface area contributed by atoms with Gasteiger partial charge in [0.25, 0.3) is 0 Å². The molecule has 3 aromatic rings. The summed E-state index contributed by atoms with van der Waals surface area (Å²) in [5.41, 5.74) is 2.33. The number of fused-ring (bicyclic) bond motifs is 2. The third kappa shape index (κ3) is 3.08. The third-order valence-corrected chi connectivity index (χ3v) is 5.06. The SMILES string of the molecule is CN1CCN(C(=O)Cc2ccc(Cl)cc2Cl)c2nc3ccccc3nc21. The maximum atomic E-state index is 13.0. The molecular weight excluding hydrogens is 371 g/mol. The number of halogens is 2. The molecule has 0 unspecified atom stereocenters. The number of carbonyl (C=O) groups excluding carboxylic acids is 1. The summed E-state index contributed by atoms with van der Waals surface area (Å²) in [4.78, 5) is 26.1. The van der Waals surface area contributed by atoms with E-state index >= 15 is 0 Å². The van der Waals surface area contributed by atoms with Crippen LogP contribution in [0.3, 0.4) is 0 Å². The fourth-order valence-electron chi connectivity index (χ4n) is 3.05. The van der Waals surface area contributed by atoms with Gasteiger partial charge in [-0.1, -0.05) is 41.4 Å². The van der Waals surface area contributed by atoms with Crippen molar-refractivity contribution in [3.63, 3.8) is 0 Å². The average molecular weight is 387 g/mol. The molecule has 0 bridgehead atoms. The summed E-state index contributed by atoms with van der Waals surface area (Å²) in [7, 11) is 1.96. The molecule has 0 radical (unpaired) electrons. The Kier molecular flexibility index (Phi) is 4.42. The standard InChI is InChI=1S/C19H16Cl2N4O/c1-24-8-9-25(17(26)10-12-6-7-13(20)11-14(12)21)19-18(24)22-15-4-2-3-5-16(15)23-19/h2-7,11H,8-10H2,1H3. The predicted octanol–water partition coefficient (Wildman–Crippen LogP) is 3.96. The van der Waals surface area contributed by atoms with Crippen LogP contribution in [0.4, 0.5) is 11.6 Å². The lowest BCUT2D eigenvalue weighted by atomic mass is 10.1. The topological polar surface area (TPSA) is 49.3 Å². The van der Waals surface area contributed by atoms with Gasteiger partial charge in [0.05, 0.1) is 17.5 Å². The average Bonchev–Trinajstić information content (AvgIpc) is 2.63. The summed E-state index contributed by atoms with van der Waals surface area (Å²) in [6.07, 6.45) is 0.188. The first-order valence-corrected chi connectivity index (χ1v) is 9.01. The Morgan fingerprint density at radius 2 is 1.73 bits per heavy atom. The third-order valence-electron chi connectivity index (χ3n) is 4.47. The van der Waals surface area contributed by atoms with E-state index in [4.69, 9.17) is 33.2 Å². The van der Waals surface area contributed by atoms with E-state index in [1.54, 1.807) is 23.1 Å². The van der Waals surface area contributed by atoms with Crippen LogP contribution >= 0.6 is 23.2 Å². The largest absolute Gasteiger partial charge is 0.355 e. The zero-order chi connectivity index (χ0) is 18.3. The number of nitrogens with zero attached hydrogens (tertiary/aromatic N) is 4. The molecule has 0 saturated carbocycles. The Bertz CT molecular complexity index is 1010. The molecule has 0 N–H and O–H groups in total. The highest BCUT2D eigenvalue weighted by atomic mass is 35.5. The van der Waals surface area contributed by atoms with Crippen molar-refractivity contribution in [3.8, 4) is 0 Å². The van der Waals surface area contributed by atoms with Gasteiger partial charge in [-0.05, 0) is 29.8 Å². The van der Waals surface area contributed by atoms with Gasteiger partial charge in [0, 0.05) is 30.2 Å². The number of hydrogen-bond acceptors (Lipinski definition) is 4. The number of amides is 1. The quantitative estimate of drug-likeness (QED) is 0.668. The lowest BCUT2D eigenvalue weighted by Crippen LogP contribution is -2.44. The Labute approximate surface area is 161 Å². The summed E-state index contributed by atoms with van der Waals surface area (Å²) in [6.45, 7) is 1.25. The van der Waals surface area contributed by atoms with Gasteiger partial charge in [0.1, 0.15) is 0 Å². The number of aromatic nitrogens is 2. The molecule has 1 amide bonds. The van der Waals surface area contributed by atoms with Gasteiger partial charge < -0.3 is 4.90 Å². The van der Waals surface area contributed by atoms with Crippen LogP contribution in [0.15, 0.2) is 42.5 Å². The van der Waals surface area contributed by atoms with E-state index < -0.39 is 0 Å². The summed E-state index contributed by atoms with van der Waals surface area (Å²) in [5, 5.41) is 1.04. The van der Waals surface area contributed by atoms with Crippen molar-refractivity contribution in [2.45, 2.75) is 6.42 Å². The summed E-state index contributed by atoms with van der Waals surface area (Å²) < 4.78 is 0. The summed E-state index contributed by atoms with van der Waals surface area (Å²) in [5.74, 6) is 1.24. The van der Waals surface area contributed by atoms with Crippen molar-refractivity contribution in [2.24, 2.45) is 0 Å². The van der Waals surface area contributed by atoms with Crippen LogP contribution in [0.1, 0.15) is 5.56 Å². The molecule has 1 aromatic heterocycles. The number of benzene rings is 2. The van der Waals surface area contributed by atoms with E-state index in [9.17, 15) is 4.79 Å². The molecule has 0 aliphatic carbocycles. The molecule has 2 aromatic carbocycles. The lowest BCUT2D eigenvalue weighted by molar-refractivity contribution is -0.118. The monoisotopic (exact) mass is 386 g/mol. The van der Waals surface area contributed by atoms with Gasteiger partial charge in [0.2, 0.25) is 5.91 Å². The maximum Gasteiger partial charge on any atom is 0.232 e. The number of rotatable bonds is 2. The van der Waals surface area contributed by atoms with Crippen molar-refractivity contribution >= 4 is 51.8 Å². The van der Waals surface area contributed by atoms with E-state index in [0.717, 1.165) is 16.6 Å². The lowest BCUT2D eigenvalue weighted by Gasteiger charge is -2.33. The normalized spacial score (nSPS) is 13.8. The Morgan fingerprint density at radius 3 is 2.42 bits per heavy atom. The summed E-state index contributed by atoms with van der Waals surface area (Å²) >= 11 is 12.2. The minimum Gasteiger partial charge on any atom is -0.355 e. The number of anilines is 2. The van der Waals surface area contributed by atoms with Gasteiger partial charge in [-0.25, -0.2) is 9.97 Å². The van der Waals surface area contributed by atoms with Crippen molar-refractivity contribution in [2.75, 3.05) is 29.9 Å².